The average Bonchev–Trinajstić information content (AvgIpc) is 2.89. The maximum Gasteiger partial charge on any atom is 0.227 e. The van der Waals surface area contributed by atoms with Gasteiger partial charge < -0.3 is 15.3 Å². The Morgan fingerprint density at radius 2 is 2.19 bits per heavy atom. The number of para-hydroxylation sites is 1. The van der Waals surface area contributed by atoms with Crippen molar-refractivity contribution in [1.82, 2.24) is 5.32 Å². The van der Waals surface area contributed by atoms with Crippen molar-refractivity contribution >= 4 is 17.5 Å². The van der Waals surface area contributed by atoms with Gasteiger partial charge in [0.15, 0.2) is 0 Å². The largest absolute Gasteiger partial charge is 0.394 e. The Morgan fingerprint density at radius 3 is 2.86 bits per heavy atom. The second-order valence-corrected chi connectivity index (χ2v) is 5.48. The zero-order valence-corrected chi connectivity index (χ0v) is 12.5. The number of nitrogens with zero attached hydrogens (tertiary/aromatic N) is 1. The second kappa shape index (κ2) is 6.72. The number of aliphatic hydroxyl groups excluding tert-OH is 1. The summed E-state index contributed by atoms with van der Waals surface area (Å²) in [6.07, 6.45) is 1.07. The molecular weight excluding hydrogens is 268 g/mol. The first kappa shape index (κ1) is 15.5. The van der Waals surface area contributed by atoms with E-state index in [-0.39, 0.29) is 36.8 Å². The lowest BCUT2D eigenvalue weighted by Crippen LogP contribution is -2.40. The van der Waals surface area contributed by atoms with Crippen LogP contribution in [0.2, 0.25) is 0 Å². The maximum atomic E-state index is 12.2. The van der Waals surface area contributed by atoms with Crippen LogP contribution in [0.25, 0.3) is 0 Å². The molecule has 1 saturated heterocycles. The molecule has 21 heavy (non-hydrogen) atoms. The van der Waals surface area contributed by atoms with Crippen molar-refractivity contribution in [2.45, 2.75) is 32.7 Å². The van der Waals surface area contributed by atoms with Crippen molar-refractivity contribution in [2.75, 3.05) is 18.1 Å². The van der Waals surface area contributed by atoms with Crippen molar-refractivity contribution in [3.63, 3.8) is 0 Å². The minimum atomic E-state index is -0.351. The summed E-state index contributed by atoms with van der Waals surface area (Å²) in [6.45, 7) is 4.08. The number of aliphatic hydroxyl groups is 1. The molecule has 0 radical (unpaired) electrons. The van der Waals surface area contributed by atoms with Gasteiger partial charge in [-0.05, 0) is 25.0 Å². The Balaban J connectivity index is 2.11. The molecular formula is C16H22N2O3. The Hall–Kier alpha value is -1.88. The Bertz CT molecular complexity index is 530. The third kappa shape index (κ3) is 3.42. The number of benzene rings is 1. The molecule has 2 N–H and O–H groups in total. The summed E-state index contributed by atoms with van der Waals surface area (Å²) < 4.78 is 0. The zero-order valence-electron chi connectivity index (χ0n) is 12.5. The lowest BCUT2D eigenvalue weighted by atomic mass is 10.1. The van der Waals surface area contributed by atoms with Gasteiger partial charge in [0.25, 0.3) is 0 Å². The molecule has 1 aromatic rings. The molecule has 0 aliphatic carbocycles. The molecule has 114 valence electrons. The van der Waals surface area contributed by atoms with E-state index in [9.17, 15) is 9.59 Å². The predicted octanol–water partition coefficient (Wildman–Crippen LogP) is 1.10. The van der Waals surface area contributed by atoms with Crippen molar-refractivity contribution in [3.05, 3.63) is 29.8 Å². The van der Waals surface area contributed by atoms with Crippen LogP contribution >= 0.6 is 0 Å². The van der Waals surface area contributed by atoms with Crippen LogP contribution in [0, 0.1) is 5.92 Å². The van der Waals surface area contributed by atoms with Crippen LogP contribution in [0.1, 0.15) is 25.8 Å². The second-order valence-electron chi connectivity index (χ2n) is 5.48. The van der Waals surface area contributed by atoms with Gasteiger partial charge in [-0.1, -0.05) is 25.1 Å². The van der Waals surface area contributed by atoms with E-state index >= 15 is 0 Å². The highest BCUT2D eigenvalue weighted by molar-refractivity contribution is 6.00. The van der Waals surface area contributed by atoms with Gasteiger partial charge >= 0.3 is 0 Å². The molecule has 5 heteroatoms. The van der Waals surface area contributed by atoms with Crippen LogP contribution in [0.5, 0.6) is 0 Å². The third-order valence-corrected chi connectivity index (χ3v) is 3.82. The Labute approximate surface area is 125 Å². The average molecular weight is 290 g/mol. The SMILES string of the molecule is CCc1ccccc1N1CC(C(=O)NC(C)CO)CC1=O. The highest BCUT2D eigenvalue weighted by Gasteiger charge is 2.35. The fraction of sp³-hybridized carbons (Fsp3) is 0.500. The smallest absolute Gasteiger partial charge is 0.227 e. The number of anilines is 1. The first-order chi connectivity index (χ1) is 10.1. The normalized spacial score (nSPS) is 19.7. The van der Waals surface area contributed by atoms with E-state index in [1.54, 1.807) is 11.8 Å². The zero-order chi connectivity index (χ0) is 15.4. The minimum absolute atomic E-state index is 0.0206. The molecule has 2 amide bonds. The van der Waals surface area contributed by atoms with Crippen LogP contribution in [0.4, 0.5) is 5.69 Å². The molecule has 1 aliphatic heterocycles. The van der Waals surface area contributed by atoms with Crippen LogP contribution in [-0.2, 0) is 16.0 Å². The van der Waals surface area contributed by atoms with Gasteiger partial charge in [0.2, 0.25) is 11.8 Å². The summed E-state index contributed by atoms with van der Waals surface area (Å²) in [6, 6.07) is 7.50. The topological polar surface area (TPSA) is 69.6 Å². The Kier molecular flexibility index (Phi) is 4.96. The fourth-order valence-electron chi connectivity index (χ4n) is 2.60. The monoisotopic (exact) mass is 290 g/mol. The predicted molar refractivity (Wildman–Crippen MR) is 81.0 cm³/mol. The number of carbonyl (C=O) groups excluding carboxylic acids is 2. The summed E-state index contributed by atoms with van der Waals surface area (Å²) in [4.78, 5) is 26.0. The van der Waals surface area contributed by atoms with Crippen LogP contribution < -0.4 is 10.2 Å². The van der Waals surface area contributed by atoms with E-state index in [1.807, 2.05) is 31.2 Å². The highest BCUT2D eigenvalue weighted by Crippen LogP contribution is 2.28. The quantitative estimate of drug-likeness (QED) is 0.853. The first-order valence-corrected chi connectivity index (χ1v) is 7.36. The van der Waals surface area contributed by atoms with Crippen LogP contribution in [-0.4, -0.2) is 36.1 Å². The molecule has 0 spiro atoms. The number of hydrogen-bond acceptors (Lipinski definition) is 3. The molecule has 1 aliphatic rings. The van der Waals surface area contributed by atoms with E-state index < -0.39 is 0 Å². The molecule has 2 unspecified atom stereocenters. The minimum Gasteiger partial charge on any atom is -0.394 e. The van der Waals surface area contributed by atoms with Gasteiger partial charge in [0, 0.05) is 24.7 Å². The summed E-state index contributed by atoms with van der Waals surface area (Å²) in [5.74, 6) is -0.537. The lowest BCUT2D eigenvalue weighted by molar-refractivity contribution is -0.127. The summed E-state index contributed by atoms with van der Waals surface area (Å²) >= 11 is 0. The molecule has 1 heterocycles. The van der Waals surface area contributed by atoms with Gasteiger partial charge in [-0.15, -0.1) is 0 Å². The lowest BCUT2D eigenvalue weighted by Gasteiger charge is -2.20. The molecule has 5 nitrogen and oxygen atoms in total. The summed E-state index contributed by atoms with van der Waals surface area (Å²) in [7, 11) is 0. The fourth-order valence-corrected chi connectivity index (χ4v) is 2.60. The van der Waals surface area contributed by atoms with E-state index in [0.717, 1.165) is 17.7 Å². The molecule has 0 aromatic heterocycles. The van der Waals surface area contributed by atoms with Crippen molar-refractivity contribution in [3.8, 4) is 0 Å². The van der Waals surface area contributed by atoms with Crippen molar-refractivity contribution in [1.29, 1.82) is 0 Å². The van der Waals surface area contributed by atoms with Crippen molar-refractivity contribution in [2.24, 2.45) is 5.92 Å². The third-order valence-electron chi connectivity index (χ3n) is 3.82. The van der Waals surface area contributed by atoms with E-state index in [0.29, 0.717) is 6.54 Å². The van der Waals surface area contributed by atoms with Crippen LogP contribution in [0.15, 0.2) is 24.3 Å². The van der Waals surface area contributed by atoms with Gasteiger partial charge in [0.1, 0.15) is 0 Å². The number of carbonyl (C=O) groups is 2. The van der Waals surface area contributed by atoms with E-state index in [2.05, 4.69) is 5.32 Å². The van der Waals surface area contributed by atoms with Crippen molar-refractivity contribution < 1.29 is 14.7 Å². The number of nitrogens with one attached hydrogen (secondary N) is 1. The summed E-state index contributed by atoms with van der Waals surface area (Å²) in [5.41, 5.74) is 2.01. The molecule has 1 fully saturated rings. The van der Waals surface area contributed by atoms with Gasteiger partial charge in [-0.25, -0.2) is 0 Å². The molecule has 0 saturated carbocycles. The number of rotatable bonds is 5. The molecule has 1 aromatic carbocycles. The van der Waals surface area contributed by atoms with E-state index in [1.165, 1.54) is 0 Å². The summed E-state index contributed by atoms with van der Waals surface area (Å²) in [5, 5.41) is 11.7. The maximum absolute atomic E-state index is 12.2. The van der Waals surface area contributed by atoms with E-state index in [4.69, 9.17) is 5.11 Å². The molecule has 0 bridgehead atoms. The number of aryl methyl sites for hydroxylation is 1. The number of hydrogen-bond donors (Lipinski definition) is 2. The highest BCUT2D eigenvalue weighted by atomic mass is 16.3. The molecule has 2 atom stereocenters. The van der Waals surface area contributed by atoms with Gasteiger partial charge in [-0.2, -0.15) is 0 Å². The Morgan fingerprint density at radius 1 is 1.48 bits per heavy atom. The van der Waals surface area contributed by atoms with Gasteiger partial charge in [0.05, 0.1) is 12.5 Å². The number of amides is 2. The van der Waals surface area contributed by atoms with Crippen LogP contribution in [0.3, 0.4) is 0 Å². The standard InChI is InChI=1S/C16H22N2O3/c1-3-12-6-4-5-7-14(12)18-9-13(8-15(18)20)16(21)17-11(2)10-19/h4-7,11,13,19H,3,8-10H2,1-2H3,(H,17,21). The first-order valence-electron chi connectivity index (χ1n) is 7.36. The molecule has 2 rings (SSSR count). The van der Waals surface area contributed by atoms with Gasteiger partial charge in [-0.3, -0.25) is 9.59 Å².